The third kappa shape index (κ3) is 2.82. The van der Waals surface area contributed by atoms with Gasteiger partial charge in [-0.2, -0.15) is 0 Å². The molecular weight excluding hydrogens is 334 g/mol. The highest BCUT2D eigenvalue weighted by molar-refractivity contribution is 7.93. The second kappa shape index (κ2) is 5.90. The summed E-state index contributed by atoms with van der Waals surface area (Å²) in [5.74, 6) is 0.148. The molecule has 1 aliphatic rings. The van der Waals surface area contributed by atoms with E-state index in [0.29, 0.717) is 16.1 Å². The van der Waals surface area contributed by atoms with Crippen molar-refractivity contribution in [3.63, 3.8) is 0 Å². The maximum absolute atomic E-state index is 12.9. The number of carbonyl (C=O) groups is 1. The Morgan fingerprint density at radius 2 is 1.74 bits per heavy atom. The Morgan fingerprint density at radius 1 is 1.09 bits per heavy atom. The van der Waals surface area contributed by atoms with Crippen LogP contribution in [0.2, 0.25) is 0 Å². The Hall–Kier alpha value is -1.99. The van der Waals surface area contributed by atoms with Gasteiger partial charge in [0.2, 0.25) is 0 Å². The van der Waals surface area contributed by atoms with Crippen LogP contribution in [0.5, 0.6) is 0 Å². The minimum absolute atomic E-state index is 0.116. The molecule has 2 aromatic carbocycles. The van der Waals surface area contributed by atoms with Crippen LogP contribution in [0, 0.1) is 0 Å². The van der Waals surface area contributed by atoms with Crippen molar-refractivity contribution < 1.29 is 17.4 Å². The highest BCUT2D eigenvalue weighted by atomic mass is 32.2. The molecule has 120 valence electrons. The molecule has 1 heterocycles. The molecular formula is C16H15NO4S2. The van der Waals surface area contributed by atoms with E-state index in [9.17, 15) is 17.4 Å². The summed E-state index contributed by atoms with van der Waals surface area (Å²) in [5, 5.41) is 0. The number of anilines is 1. The van der Waals surface area contributed by atoms with E-state index in [0.717, 1.165) is 0 Å². The normalized spacial score (nSPS) is 17.6. The van der Waals surface area contributed by atoms with E-state index in [2.05, 4.69) is 0 Å². The lowest BCUT2D eigenvalue weighted by molar-refractivity contribution is 0.101. The van der Waals surface area contributed by atoms with Gasteiger partial charge in [-0.25, -0.2) is 8.42 Å². The maximum Gasteiger partial charge on any atom is 0.264 e. The zero-order chi connectivity index (χ0) is 16.6. The van der Waals surface area contributed by atoms with Crippen molar-refractivity contribution in [3.05, 3.63) is 54.1 Å². The van der Waals surface area contributed by atoms with Crippen LogP contribution in [0.4, 0.5) is 5.69 Å². The highest BCUT2D eigenvalue weighted by Crippen LogP contribution is 2.32. The molecule has 7 heteroatoms. The summed E-state index contributed by atoms with van der Waals surface area (Å²) in [7, 11) is -4.94. The minimum atomic E-state index is -3.75. The average Bonchev–Trinajstić information content (AvgIpc) is 2.55. The fraction of sp³-hybridized carbons (Fsp3) is 0.188. The van der Waals surface area contributed by atoms with E-state index < -0.39 is 20.8 Å². The molecule has 0 aromatic heterocycles. The number of ketones is 1. The highest BCUT2D eigenvalue weighted by Gasteiger charge is 2.31. The van der Waals surface area contributed by atoms with E-state index >= 15 is 0 Å². The quantitative estimate of drug-likeness (QED) is 0.797. The van der Waals surface area contributed by atoms with Crippen LogP contribution in [-0.2, 0) is 20.8 Å². The summed E-state index contributed by atoms with van der Waals surface area (Å²) >= 11 is 0. The van der Waals surface area contributed by atoms with Crippen LogP contribution in [0.1, 0.15) is 17.3 Å². The van der Waals surface area contributed by atoms with E-state index in [1.807, 2.05) is 0 Å². The van der Waals surface area contributed by atoms with Gasteiger partial charge in [0.05, 0.1) is 26.3 Å². The Balaban J connectivity index is 2.05. The molecule has 0 saturated heterocycles. The Kier molecular flexibility index (Phi) is 4.08. The molecule has 0 bridgehead atoms. The van der Waals surface area contributed by atoms with Gasteiger partial charge in [-0.1, -0.05) is 24.3 Å². The van der Waals surface area contributed by atoms with Crippen molar-refractivity contribution in [1.82, 2.24) is 0 Å². The molecule has 0 saturated carbocycles. The first-order valence-electron chi connectivity index (χ1n) is 7.02. The molecule has 0 radical (unpaired) electrons. The van der Waals surface area contributed by atoms with Crippen molar-refractivity contribution >= 4 is 32.3 Å². The lowest BCUT2D eigenvalue weighted by Gasteiger charge is -2.29. The number of rotatable bonds is 3. The summed E-state index contributed by atoms with van der Waals surface area (Å²) < 4.78 is 39.1. The monoisotopic (exact) mass is 349 g/mol. The van der Waals surface area contributed by atoms with Gasteiger partial charge in [0.25, 0.3) is 10.0 Å². The van der Waals surface area contributed by atoms with E-state index in [1.54, 1.807) is 24.3 Å². The molecule has 3 rings (SSSR count). The number of sulfonamides is 1. The van der Waals surface area contributed by atoms with Gasteiger partial charge in [-0.3, -0.25) is 13.3 Å². The van der Waals surface area contributed by atoms with Crippen molar-refractivity contribution in [3.8, 4) is 0 Å². The van der Waals surface area contributed by atoms with Gasteiger partial charge in [0.1, 0.15) is 0 Å². The molecule has 0 aliphatic carbocycles. The third-order valence-corrected chi connectivity index (χ3v) is 6.92. The number of carbonyl (C=O) groups excluding carboxylic acids is 1. The van der Waals surface area contributed by atoms with Crippen LogP contribution in [0.15, 0.2) is 58.3 Å². The minimum Gasteiger partial charge on any atom is -0.295 e. The molecule has 1 aliphatic heterocycles. The van der Waals surface area contributed by atoms with Gasteiger partial charge >= 0.3 is 0 Å². The first-order chi connectivity index (χ1) is 10.9. The molecule has 1 atom stereocenters. The average molecular weight is 349 g/mol. The summed E-state index contributed by atoms with van der Waals surface area (Å²) in [4.78, 5) is 12.0. The van der Waals surface area contributed by atoms with Crippen molar-refractivity contribution in [2.75, 3.05) is 16.6 Å². The molecule has 0 N–H and O–H groups in total. The first kappa shape index (κ1) is 15.9. The molecule has 23 heavy (non-hydrogen) atoms. The third-order valence-electron chi connectivity index (χ3n) is 3.71. The number of fused-ring (bicyclic) bond motifs is 1. The van der Waals surface area contributed by atoms with Gasteiger partial charge in [0.15, 0.2) is 5.78 Å². The zero-order valence-electron chi connectivity index (χ0n) is 12.4. The molecule has 0 fully saturated rings. The first-order valence-corrected chi connectivity index (χ1v) is 9.78. The van der Waals surface area contributed by atoms with Crippen LogP contribution in [-0.4, -0.2) is 30.7 Å². The lowest BCUT2D eigenvalue weighted by Crippen LogP contribution is -2.38. The largest absolute Gasteiger partial charge is 0.295 e. The number of hydrogen-bond donors (Lipinski definition) is 0. The van der Waals surface area contributed by atoms with Gasteiger partial charge in [-0.15, -0.1) is 0 Å². The fourth-order valence-corrected chi connectivity index (χ4v) is 5.36. The molecule has 1 unspecified atom stereocenters. The summed E-state index contributed by atoms with van der Waals surface area (Å²) in [6.45, 7) is 1.60. The predicted octanol–water partition coefficient (Wildman–Crippen LogP) is 2.21. The number of hydrogen-bond acceptors (Lipinski definition) is 4. The van der Waals surface area contributed by atoms with Crippen molar-refractivity contribution in [1.29, 1.82) is 0 Å². The Labute approximate surface area is 137 Å². The number of para-hydroxylation sites is 1. The second-order valence-corrected chi connectivity index (χ2v) is 8.58. The number of Topliss-reactive ketones (excluding diaryl/α,β-unsaturated/α-hetero) is 1. The Bertz CT molecular complexity index is 889. The van der Waals surface area contributed by atoms with Crippen LogP contribution >= 0.6 is 0 Å². The van der Waals surface area contributed by atoms with Crippen molar-refractivity contribution in [2.24, 2.45) is 0 Å². The van der Waals surface area contributed by atoms with Gasteiger partial charge in [0, 0.05) is 17.9 Å². The molecule has 0 spiro atoms. The van der Waals surface area contributed by atoms with Gasteiger partial charge < -0.3 is 0 Å². The van der Waals surface area contributed by atoms with E-state index in [4.69, 9.17) is 0 Å². The van der Waals surface area contributed by atoms with Crippen LogP contribution in [0.25, 0.3) is 0 Å². The summed E-state index contributed by atoms with van der Waals surface area (Å²) in [6, 6.07) is 12.7. The summed E-state index contributed by atoms with van der Waals surface area (Å²) in [5.41, 5.74) is 0.914. The maximum atomic E-state index is 12.9. The lowest BCUT2D eigenvalue weighted by atomic mass is 10.2. The van der Waals surface area contributed by atoms with Crippen LogP contribution < -0.4 is 4.31 Å². The molecule has 5 nitrogen and oxygen atoms in total. The topological polar surface area (TPSA) is 71.5 Å². The van der Waals surface area contributed by atoms with Gasteiger partial charge in [-0.05, 0) is 31.2 Å². The summed E-state index contributed by atoms with van der Waals surface area (Å²) in [6.07, 6.45) is 0. The van der Waals surface area contributed by atoms with E-state index in [1.165, 1.54) is 35.5 Å². The standard InChI is InChI=1S/C16H15NO4S2/c1-12(18)13-6-8-14(9-7-13)23(20,21)17-10-11-22(19)16-5-3-2-4-15(16)17/h2-9H,10-11H2,1H3. The fourth-order valence-electron chi connectivity index (χ4n) is 2.49. The second-order valence-electron chi connectivity index (χ2n) is 5.18. The smallest absolute Gasteiger partial charge is 0.264 e. The molecule has 0 amide bonds. The Morgan fingerprint density at radius 3 is 2.39 bits per heavy atom. The van der Waals surface area contributed by atoms with Crippen molar-refractivity contribution in [2.45, 2.75) is 16.7 Å². The number of benzene rings is 2. The SMILES string of the molecule is CC(=O)c1ccc(S(=O)(=O)N2CCS(=O)c3ccccc32)cc1. The van der Waals surface area contributed by atoms with E-state index in [-0.39, 0.29) is 23.0 Å². The zero-order valence-corrected chi connectivity index (χ0v) is 14.1. The number of nitrogens with zero attached hydrogens (tertiary/aromatic N) is 1. The predicted molar refractivity (Wildman–Crippen MR) is 88.7 cm³/mol. The van der Waals surface area contributed by atoms with Crippen LogP contribution in [0.3, 0.4) is 0 Å². The molecule has 2 aromatic rings.